The molecule has 2 aromatic carbocycles. The minimum Gasteiger partial charge on any atom is -0.496 e. The molecular weight excluding hydrogens is 443 g/mol. The Balaban J connectivity index is 1.77. The van der Waals surface area contributed by atoms with Crippen LogP contribution >= 0.6 is 27.7 Å². The Kier molecular flexibility index (Phi) is 6.05. The molecule has 0 saturated carbocycles. The molecule has 0 bridgehead atoms. The topological polar surface area (TPSA) is 29.5 Å². The molecule has 0 aliphatic carbocycles. The van der Waals surface area contributed by atoms with Crippen molar-refractivity contribution in [1.82, 2.24) is 4.90 Å². The van der Waals surface area contributed by atoms with Gasteiger partial charge in [-0.2, -0.15) is 13.2 Å². The van der Waals surface area contributed by atoms with Crippen LogP contribution in [0.25, 0.3) is 0 Å². The molecule has 0 spiro atoms. The number of rotatable bonds is 4. The molecule has 1 aliphatic heterocycles. The molecule has 1 saturated heterocycles. The van der Waals surface area contributed by atoms with E-state index < -0.39 is 11.7 Å². The van der Waals surface area contributed by atoms with Gasteiger partial charge < -0.3 is 9.64 Å². The van der Waals surface area contributed by atoms with Crippen LogP contribution in [0, 0.1) is 0 Å². The average molecular weight is 460 g/mol. The largest absolute Gasteiger partial charge is 0.496 e. The zero-order valence-corrected chi connectivity index (χ0v) is 16.8. The van der Waals surface area contributed by atoms with Gasteiger partial charge in [0.1, 0.15) is 11.1 Å². The lowest BCUT2D eigenvalue weighted by Crippen LogP contribution is -2.31. The number of alkyl halides is 3. The summed E-state index contributed by atoms with van der Waals surface area (Å²) in [4.78, 5) is 14.5. The van der Waals surface area contributed by atoms with Crippen LogP contribution in [0.3, 0.4) is 0 Å². The van der Waals surface area contributed by atoms with Crippen molar-refractivity contribution >= 4 is 33.6 Å². The number of amides is 1. The Hall–Kier alpha value is -1.67. The molecule has 1 heterocycles. The molecule has 0 N–H and O–H groups in total. The molecule has 1 unspecified atom stereocenters. The third-order valence-corrected chi connectivity index (χ3v) is 6.16. The van der Waals surface area contributed by atoms with Gasteiger partial charge in [0.15, 0.2) is 0 Å². The van der Waals surface area contributed by atoms with Gasteiger partial charge in [0.2, 0.25) is 5.91 Å². The van der Waals surface area contributed by atoms with Crippen LogP contribution < -0.4 is 4.74 Å². The second-order valence-electron chi connectivity index (χ2n) is 6.08. The van der Waals surface area contributed by atoms with E-state index in [1.807, 2.05) is 18.2 Å². The van der Waals surface area contributed by atoms with Gasteiger partial charge in [0.05, 0.1) is 23.6 Å². The van der Waals surface area contributed by atoms with E-state index in [4.69, 9.17) is 4.74 Å². The fraction of sp³-hybridized carbons (Fsp3) is 0.316. The molecule has 8 heteroatoms. The van der Waals surface area contributed by atoms with Gasteiger partial charge in [-0.15, -0.1) is 11.8 Å². The first kappa shape index (κ1) is 20.1. The molecule has 2 aromatic rings. The molecule has 27 heavy (non-hydrogen) atoms. The second-order valence-corrected chi connectivity index (χ2v) is 8.12. The highest BCUT2D eigenvalue weighted by Gasteiger charge is 2.32. The monoisotopic (exact) mass is 459 g/mol. The molecule has 0 aromatic heterocycles. The molecule has 1 atom stereocenters. The maximum Gasteiger partial charge on any atom is 0.416 e. The number of hydrogen-bond donors (Lipinski definition) is 0. The number of hydrogen-bond acceptors (Lipinski definition) is 3. The number of carbonyl (C=O) groups excluding carboxylic acids is 1. The van der Waals surface area contributed by atoms with Gasteiger partial charge in [0, 0.05) is 12.3 Å². The van der Waals surface area contributed by atoms with Crippen molar-refractivity contribution in [2.75, 3.05) is 19.4 Å². The number of carbonyl (C=O) groups is 1. The van der Waals surface area contributed by atoms with Crippen LogP contribution in [-0.2, 0) is 17.4 Å². The quantitative estimate of drug-likeness (QED) is 0.621. The van der Waals surface area contributed by atoms with Crippen LogP contribution in [-0.4, -0.2) is 30.2 Å². The summed E-state index contributed by atoms with van der Waals surface area (Å²) >= 11 is 5.08. The lowest BCUT2D eigenvalue weighted by molar-refractivity contribution is -0.138. The van der Waals surface area contributed by atoms with E-state index in [1.54, 1.807) is 29.8 Å². The minimum absolute atomic E-state index is 0.0572. The van der Waals surface area contributed by atoms with E-state index in [0.29, 0.717) is 17.9 Å². The average Bonchev–Trinajstić information content (AvgIpc) is 3.11. The minimum atomic E-state index is -4.42. The Labute approximate surface area is 168 Å². The number of nitrogens with zero attached hydrogens (tertiary/aromatic N) is 1. The Morgan fingerprint density at radius 3 is 2.74 bits per heavy atom. The highest BCUT2D eigenvalue weighted by molar-refractivity contribution is 9.10. The fourth-order valence-corrected chi connectivity index (χ4v) is 4.80. The molecule has 0 radical (unpaired) electrons. The van der Waals surface area contributed by atoms with E-state index in [9.17, 15) is 18.0 Å². The molecule has 1 amide bonds. The van der Waals surface area contributed by atoms with Crippen molar-refractivity contribution in [3.8, 4) is 5.75 Å². The number of thioether (sulfide) groups is 1. The maximum absolute atomic E-state index is 12.9. The van der Waals surface area contributed by atoms with Gasteiger partial charge in [-0.3, -0.25) is 4.79 Å². The molecule has 3 rings (SSSR count). The third kappa shape index (κ3) is 4.60. The van der Waals surface area contributed by atoms with Crippen LogP contribution in [0.4, 0.5) is 13.2 Å². The first-order chi connectivity index (χ1) is 12.8. The zero-order valence-electron chi connectivity index (χ0n) is 14.4. The van der Waals surface area contributed by atoms with Gasteiger partial charge in [0.25, 0.3) is 0 Å². The standard InChI is InChI=1S/C19H17BrF3NO2S/c1-26-16-6-5-13(11-15(16)20)18-24(7-8-27-18)17(25)10-12-3-2-4-14(9-12)19(21,22)23/h2-6,9,11,18H,7-8,10H2,1H3. The summed E-state index contributed by atoms with van der Waals surface area (Å²) in [5.74, 6) is 1.29. The number of halogens is 4. The molecular formula is C19H17BrF3NO2S. The van der Waals surface area contributed by atoms with Gasteiger partial charge in [-0.1, -0.05) is 24.3 Å². The summed E-state index contributed by atoms with van der Waals surface area (Å²) in [5.41, 5.74) is 0.572. The lowest BCUT2D eigenvalue weighted by atomic mass is 10.1. The highest BCUT2D eigenvalue weighted by atomic mass is 79.9. The normalized spacial score (nSPS) is 17.2. The lowest BCUT2D eigenvalue weighted by Gasteiger charge is -2.25. The van der Waals surface area contributed by atoms with Crippen molar-refractivity contribution < 1.29 is 22.7 Å². The Morgan fingerprint density at radius 1 is 1.30 bits per heavy atom. The first-order valence-electron chi connectivity index (χ1n) is 8.20. The number of ether oxygens (including phenoxy) is 1. The molecule has 1 fully saturated rings. The fourth-order valence-electron chi connectivity index (χ4n) is 2.97. The van der Waals surface area contributed by atoms with Gasteiger partial charge in [-0.05, 0) is 45.3 Å². The van der Waals surface area contributed by atoms with Crippen molar-refractivity contribution in [2.24, 2.45) is 0 Å². The van der Waals surface area contributed by atoms with Crippen molar-refractivity contribution in [3.63, 3.8) is 0 Å². The third-order valence-electron chi connectivity index (χ3n) is 4.28. The summed E-state index contributed by atoms with van der Waals surface area (Å²) in [6.45, 7) is 0.566. The SMILES string of the molecule is COc1ccc(C2SCCN2C(=O)Cc2cccc(C(F)(F)F)c2)cc1Br. The van der Waals surface area contributed by atoms with E-state index in [2.05, 4.69) is 15.9 Å². The predicted octanol–water partition coefficient (Wildman–Crippen LogP) is 5.29. The smallest absolute Gasteiger partial charge is 0.416 e. The Morgan fingerprint density at radius 2 is 2.07 bits per heavy atom. The maximum atomic E-state index is 12.9. The number of methoxy groups -OCH3 is 1. The van der Waals surface area contributed by atoms with E-state index in [0.717, 1.165) is 27.9 Å². The van der Waals surface area contributed by atoms with Crippen molar-refractivity contribution in [2.45, 2.75) is 18.0 Å². The highest BCUT2D eigenvalue weighted by Crippen LogP contribution is 2.40. The summed E-state index contributed by atoms with van der Waals surface area (Å²) in [6.07, 6.45) is -4.47. The van der Waals surface area contributed by atoms with Gasteiger partial charge in [-0.25, -0.2) is 0 Å². The van der Waals surface area contributed by atoms with Crippen LogP contribution in [0.1, 0.15) is 22.1 Å². The van der Waals surface area contributed by atoms with Crippen LogP contribution in [0.15, 0.2) is 46.9 Å². The number of benzene rings is 2. The first-order valence-corrected chi connectivity index (χ1v) is 10.0. The molecule has 3 nitrogen and oxygen atoms in total. The van der Waals surface area contributed by atoms with Crippen LogP contribution in [0.2, 0.25) is 0 Å². The Bertz CT molecular complexity index is 844. The van der Waals surface area contributed by atoms with Crippen molar-refractivity contribution in [3.05, 3.63) is 63.6 Å². The van der Waals surface area contributed by atoms with Crippen LogP contribution in [0.5, 0.6) is 5.75 Å². The molecule has 1 aliphatic rings. The van der Waals surface area contributed by atoms with Gasteiger partial charge >= 0.3 is 6.18 Å². The zero-order chi connectivity index (χ0) is 19.6. The summed E-state index contributed by atoms with van der Waals surface area (Å²) in [7, 11) is 1.58. The summed E-state index contributed by atoms with van der Waals surface area (Å²) in [6, 6.07) is 10.6. The summed E-state index contributed by atoms with van der Waals surface area (Å²) in [5, 5.41) is -0.162. The predicted molar refractivity (Wildman–Crippen MR) is 103 cm³/mol. The molecule has 144 valence electrons. The second kappa shape index (κ2) is 8.14. The summed E-state index contributed by atoms with van der Waals surface area (Å²) < 4.78 is 44.6. The van der Waals surface area contributed by atoms with E-state index in [-0.39, 0.29) is 17.7 Å². The van der Waals surface area contributed by atoms with E-state index >= 15 is 0 Å². The van der Waals surface area contributed by atoms with E-state index in [1.165, 1.54) is 6.07 Å². The van der Waals surface area contributed by atoms with Crippen molar-refractivity contribution in [1.29, 1.82) is 0 Å².